The molecule has 0 bridgehead atoms. The van der Waals surface area contributed by atoms with Crippen molar-refractivity contribution in [2.45, 2.75) is 19.4 Å². The highest BCUT2D eigenvalue weighted by Crippen LogP contribution is 2.16. The fourth-order valence-corrected chi connectivity index (χ4v) is 2.24. The van der Waals surface area contributed by atoms with Gasteiger partial charge in [-0.05, 0) is 43.2 Å². The third-order valence-corrected chi connectivity index (χ3v) is 3.33. The second kappa shape index (κ2) is 6.21. The van der Waals surface area contributed by atoms with Crippen LogP contribution in [-0.2, 0) is 6.42 Å². The van der Waals surface area contributed by atoms with E-state index in [0.717, 1.165) is 16.6 Å². The van der Waals surface area contributed by atoms with Crippen LogP contribution in [0.3, 0.4) is 0 Å². The SMILES string of the molecule is CC(Cc1ccc(Br)cc1)Nc1ccnc(Cl)c1. The molecule has 0 saturated heterocycles. The van der Waals surface area contributed by atoms with Gasteiger partial charge in [0.25, 0.3) is 0 Å². The van der Waals surface area contributed by atoms with Crippen LogP contribution in [-0.4, -0.2) is 11.0 Å². The van der Waals surface area contributed by atoms with E-state index in [4.69, 9.17) is 11.6 Å². The third-order valence-electron chi connectivity index (χ3n) is 2.59. The van der Waals surface area contributed by atoms with Crippen molar-refractivity contribution in [3.63, 3.8) is 0 Å². The summed E-state index contributed by atoms with van der Waals surface area (Å²) in [4.78, 5) is 3.96. The Morgan fingerprint density at radius 1 is 1.28 bits per heavy atom. The fourth-order valence-electron chi connectivity index (χ4n) is 1.80. The largest absolute Gasteiger partial charge is 0.382 e. The van der Waals surface area contributed by atoms with E-state index < -0.39 is 0 Å². The molecule has 1 N–H and O–H groups in total. The summed E-state index contributed by atoms with van der Waals surface area (Å²) in [7, 11) is 0. The monoisotopic (exact) mass is 324 g/mol. The molecule has 94 valence electrons. The molecule has 1 aromatic carbocycles. The van der Waals surface area contributed by atoms with E-state index in [9.17, 15) is 0 Å². The first-order chi connectivity index (χ1) is 8.63. The molecule has 1 atom stereocenters. The van der Waals surface area contributed by atoms with Crippen molar-refractivity contribution in [2.75, 3.05) is 5.32 Å². The van der Waals surface area contributed by atoms with Crippen LogP contribution in [0.15, 0.2) is 47.1 Å². The van der Waals surface area contributed by atoms with Crippen LogP contribution in [0.4, 0.5) is 5.69 Å². The van der Waals surface area contributed by atoms with Gasteiger partial charge in [-0.15, -0.1) is 0 Å². The van der Waals surface area contributed by atoms with E-state index >= 15 is 0 Å². The van der Waals surface area contributed by atoms with Crippen molar-refractivity contribution in [1.29, 1.82) is 0 Å². The molecule has 4 heteroatoms. The molecule has 1 heterocycles. The lowest BCUT2D eigenvalue weighted by molar-refractivity contribution is 0.790. The fraction of sp³-hybridized carbons (Fsp3) is 0.214. The molecule has 1 unspecified atom stereocenters. The highest BCUT2D eigenvalue weighted by atomic mass is 79.9. The number of aromatic nitrogens is 1. The summed E-state index contributed by atoms with van der Waals surface area (Å²) < 4.78 is 1.10. The molecule has 18 heavy (non-hydrogen) atoms. The van der Waals surface area contributed by atoms with Gasteiger partial charge in [0, 0.05) is 22.4 Å². The first-order valence-electron chi connectivity index (χ1n) is 5.76. The normalized spacial score (nSPS) is 12.2. The Hall–Kier alpha value is -1.06. The minimum absolute atomic E-state index is 0.338. The Morgan fingerprint density at radius 2 is 2.00 bits per heavy atom. The number of anilines is 1. The number of nitrogens with zero attached hydrogens (tertiary/aromatic N) is 1. The number of nitrogens with one attached hydrogen (secondary N) is 1. The second-order valence-corrected chi connectivity index (χ2v) is 5.55. The molecule has 0 saturated carbocycles. The minimum Gasteiger partial charge on any atom is -0.382 e. The number of halogens is 2. The molecule has 1 aromatic heterocycles. The zero-order chi connectivity index (χ0) is 13.0. The van der Waals surface area contributed by atoms with Crippen LogP contribution >= 0.6 is 27.5 Å². The van der Waals surface area contributed by atoms with Gasteiger partial charge in [0.15, 0.2) is 0 Å². The van der Waals surface area contributed by atoms with E-state index in [1.165, 1.54) is 5.56 Å². The van der Waals surface area contributed by atoms with Gasteiger partial charge in [-0.2, -0.15) is 0 Å². The molecule has 2 rings (SSSR count). The number of rotatable bonds is 4. The van der Waals surface area contributed by atoms with Crippen molar-refractivity contribution >= 4 is 33.2 Å². The lowest BCUT2D eigenvalue weighted by Crippen LogP contribution is -2.18. The summed E-state index contributed by atoms with van der Waals surface area (Å²) >= 11 is 9.29. The average Bonchev–Trinajstić information content (AvgIpc) is 2.32. The molecule has 0 fully saturated rings. The van der Waals surface area contributed by atoms with Gasteiger partial charge in [0.1, 0.15) is 5.15 Å². The van der Waals surface area contributed by atoms with Crippen molar-refractivity contribution in [3.8, 4) is 0 Å². The van der Waals surface area contributed by atoms with Crippen LogP contribution in [0.25, 0.3) is 0 Å². The third kappa shape index (κ3) is 4.00. The highest BCUT2D eigenvalue weighted by Gasteiger charge is 2.04. The molecule has 0 spiro atoms. The number of benzene rings is 1. The molecular formula is C14H14BrClN2. The topological polar surface area (TPSA) is 24.9 Å². The van der Waals surface area contributed by atoms with Gasteiger partial charge in [-0.3, -0.25) is 0 Å². The van der Waals surface area contributed by atoms with Gasteiger partial charge in [0.05, 0.1) is 0 Å². The van der Waals surface area contributed by atoms with Gasteiger partial charge in [-0.25, -0.2) is 4.98 Å². The molecule has 0 amide bonds. The predicted molar refractivity (Wildman–Crippen MR) is 80.2 cm³/mol. The predicted octanol–water partition coefficient (Wildman–Crippen LogP) is 4.54. The van der Waals surface area contributed by atoms with Crippen LogP contribution in [0, 0.1) is 0 Å². The van der Waals surface area contributed by atoms with Gasteiger partial charge < -0.3 is 5.32 Å². The van der Waals surface area contributed by atoms with E-state index in [1.807, 2.05) is 12.1 Å². The van der Waals surface area contributed by atoms with Crippen LogP contribution in [0.5, 0.6) is 0 Å². The summed E-state index contributed by atoms with van der Waals surface area (Å²) in [6, 6.07) is 12.5. The minimum atomic E-state index is 0.338. The van der Waals surface area contributed by atoms with Crippen LogP contribution in [0.1, 0.15) is 12.5 Å². The molecule has 0 aliphatic rings. The lowest BCUT2D eigenvalue weighted by Gasteiger charge is -2.15. The second-order valence-electron chi connectivity index (χ2n) is 4.24. The Kier molecular flexibility index (Phi) is 4.61. The first-order valence-corrected chi connectivity index (χ1v) is 6.93. The van der Waals surface area contributed by atoms with E-state index in [2.05, 4.69) is 57.4 Å². The summed E-state index contributed by atoms with van der Waals surface area (Å²) in [6.07, 6.45) is 2.67. The number of hydrogen-bond acceptors (Lipinski definition) is 2. The Labute approximate surface area is 121 Å². The molecular weight excluding hydrogens is 312 g/mol. The maximum atomic E-state index is 5.85. The Bertz CT molecular complexity index is 513. The van der Waals surface area contributed by atoms with Gasteiger partial charge in [0.2, 0.25) is 0 Å². The molecule has 0 aliphatic carbocycles. The summed E-state index contributed by atoms with van der Waals surface area (Å²) in [5.74, 6) is 0. The van der Waals surface area contributed by atoms with Crippen molar-refractivity contribution in [2.24, 2.45) is 0 Å². The van der Waals surface area contributed by atoms with E-state index in [1.54, 1.807) is 6.20 Å². The summed E-state index contributed by atoms with van der Waals surface area (Å²) in [5, 5.41) is 3.92. The van der Waals surface area contributed by atoms with Gasteiger partial charge >= 0.3 is 0 Å². The van der Waals surface area contributed by atoms with Gasteiger partial charge in [-0.1, -0.05) is 39.7 Å². The summed E-state index contributed by atoms with van der Waals surface area (Å²) in [6.45, 7) is 2.15. The molecule has 2 nitrogen and oxygen atoms in total. The first kappa shape index (κ1) is 13.4. The average molecular weight is 326 g/mol. The van der Waals surface area contributed by atoms with Crippen LogP contribution < -0.4 is 5.32 Å². The standard InChI is InChI=1S/C14H14BrClN2/c1-10(8-11-2-4-12(15)5-3-11)18-13-6-7-17-14(16)9-13/h2-7,9-10H,8H2,1H3,(H,17,18). The van der Waals surface area contributed by atoms with Crippen LogP contribution in [0.2, 0.25) is 5.15 Å². The van der Waals surface area contributed by atoms with E-state index in [-0.39, 0.29) is 0 Å². The lowest BCUT2D eigenvalue weighted by atomic mass is 10.1. The number of pyridine rings is 1. The molecule has 0 aliphatic heterocycles. The zero-order valence-electron chi connectivity index (χ0n) is 10.0. The van der Waals surface area contributed by atoms with Crippen molar-refractivity contribution in [1.82, 2.24) is 4.98 Å². The maximum absolute atomic E-state index is 5.85. The quantitative estimate of drug-likeness (QED) is 0.835. The highest BCUT2D eigenvalue weighted by molar-refractivity contribution is 9.10. The van der Waals surface area contributed by atoms with E-state index in [0.29, 0.717) is 11.2 Å². The Balaban J connectivity index is 1.96. The molecule has 0 radical (unpaired) electrons. The summed E-state index contributed by atoms with van der Waals surface area (Å²) in [5.41, 5.74) is 2.30. The zero-order valence-corrected chi connectivity index (χ0v) is 12.4. The van der Waals surface area contributed by atoms with Crippen molar-refractivity contribution in [3.05, 3.63) is 57.8 Å². The number of hydrogen-bond donors (Lipinski definition) is 1. The molecule has 2 aromatic rings. The Morgan fingerprint density at radius 3 is 2.67 bits per heavy atom. The smallest absolute Gasteiger partial charge is 0.131 e. The van der Waals surface area contributed by atoms with Crippen molar-refractivity contribution < 1.29 is 0 Å². The maximum Gasteiger partial charge on any atom is 0.131 e.